The van der Waals surface area contributed by atoms with Crippen LogP contribution in [0, 0.1) is 0 Å². The van der Waals surface area contributed by atoms with Crippen LogP contribution in [0.5, 0.6) is 0 Å². The summed E-state index contributed by atoms with van der Waals surface area (Å²) in [7, 11) is 0. The number of amides is 2. The number of thiazole rings is 1. The van der Waals surface area contributed by atoms with Crippen LogP contribution in [0.2, 0.25) is 0 Å². The molecule has 17 heteroatoms. The van der Waals surface area contributed by atoms with E-state index in [2.05, 4.69) is 25.0 Å². The molecule has 0 bridgehead atoms. The van der Waals surface area contributed by atoms with Crippen molar-refractivity contribution in [2.75, 3.05) is 11.5 Å². The molecule has 3 N–H and O–H groups in total. The summed E-state index contributed by atoms with van der Waals surface area (Å²) in [6.45, 7) is 1.13. The molecule has 4 heterocycles. The average Bonchev–Trinajstić information content (AvgIpc) is 3.78. The van der Waals surface area contributed by atoms with Gasteiger partial charge in [0.25, 0.3) is 11.8 Å². The largest absolute Gasteiger partial charge is 0.448 e. The second kappa shape index (κ2) is 14.9. The Balaban J connectivity index is 1.29. The summed E-state index contributed by atoms with van der Waals surface area (Å²) >= 11 is 5.04. The molecule has 0 saturated carbocycles. The molecule has 244 valence electrons. The number of carbonyl (C=O) groups excluding carboxylic acids is 4. The van der Waals surface area contributed by atoms with Gasteiger partial charge in [-0.15, -0.1) is 28.2 Å². The molecule has 2 amide bonds. The molecule has 2 aliphatic rings. The number of nitrogens with zero attached hydrogens (tertiary/aromatic N) is 5. The van der Waals surface area contributed by atoms with Crippen molar-refractivity contribution >= 4 is 81.0 Å². The van der Waals surface area contributed by atoms with Gasteiger partial charge < -0.3 is 20.6 Å². The van der Waals surface area contributed by atoms with Gasteiger partial charge in [0.15, 0.2) is 16.9 Å². The van der Waals surface area contributed by atoms with E-state index in [0.717, 1.165) is 33.6 Å². The zero-order valence-corrected chi connectivity index (χ0v) is 28.2. The van der Waals surface area contributed by atoms with Crippen LogP contribution in [0.1, 0.15) is 29.8 Å². The van der Waals surface area contributed by atoms with Gasteiger partial charge >= 0.3 is 11.9 Å². The number of β-lactam (4-membered cyclic amide) rings is 1. The van der Waals surface area contributed by atoms with E-state index in [1.807, 2.05) is 60.7 Å². The van der Waals surface area contributed by atoms with Gasteiger partial charge in [0.1, 0.15) is 27.0 Å². The number of benzene rings is 2. The SMILES string of the molecule is CC(=O)O/N=C(/C(=O)N[C@@H]1C(=O)N2C(C(=O)OC(c3ccccc3)c3ccccc3)=C(/C=C/Sc3cnns3)CS[C@H]12)c1csc(N)n1. The van der Waals surface area contributed by atoms with E-state index in [1.165, 1.54) is 45.3 Å². The van der Waals surface area contributed by atoms with Crippen LogP contribution in [-0.4, -0.2) is 66.1 Å². The van der Waals surface area contributed by atoms with Gasteiger partial charge in [-0.05, 0) is 39.7 Å². The van der Waals surface area contributed by atoms with E-state index < -0.39 is 41.3 Å². The normalized spacial score (nSPS) is 17.7. The summed E-state index contributed by atoms with van der Waals surface area (Å²) < 4.78 is 10.9. The molecule has 2 atom stereocenters. The second-order valence-corrected chi connectivity index (χ2v) is 14.1. The number of allylic oxidation sites excluding steroid dienone is 1. The molecule has 0 unspecified atom stereocenters. The fourth-order valence-electron chi connectivity index (χ4n) is 4.82. The van der Waals surface area contributed by atoms with Gasteiger partial charge in [0, 0.05) is 18.1 Å². The van der Waals surface area contributed by atoms with Crippen molar-refractivity contribution < 1.29 is 28.8 Å². The maximum atomic E-state index is 14.2. The third-order valence-electron chi connectivity index (χ3n) is 6.95. The number of hydrogen-bond acceptors (Lipinski definition) is 15. The Morgan fingerprint density at radius 3 is 2.44 bits per heavy atom. The Labute approximate surface area is 290 Å². The minimum absolute atomic E-state index is 0.0754. The van der Waals surface area contributed by atoms with Crippen LogP contribution in [0.25, 0.3) is 0 Å². The van der Waals surface area contributed by atoms with E-state index in [4.69, 9.17) is 15.3 Å². The molecular weight excluding hydrogens is 695 g/mol. The number of fused-ring (bicyclic) bond motifs is 1. The molecule has 0 aliphatic carbocycles. The van der Waals surface area contributed by atoms with Crippen molar-refractivity contribution in [2.45, 2.75) is 28.7 Å². The average molecular weight is 720 g/mol. The molecule has 4 aromatic rings. The van der Waals surface area contributed by atoms with Crippen LogP contribution in [0.15, 0.2) is 104 Å². The maximum Gasteiger partial charge on any atom is 0.356 e. The number of oxime groups is 1. The molecule has 2 aromatic carbocycles. The highest BCUT2D eigenvalue weighted by Crippen LogP contribution is 2.42. The highest BCUT2D eigenvalue weighted by atomic mass is 32.2. The second-order valence-electron chi connectivity index (χ2n) is 10.1. The summed E-state index contributed by atoms with van der Waals surface area (Å²) in [5.74, 6) is -2.45. The number of nitrogen functional groups attached to an aromatic ring is 1. The first-order valence-corrected chi connectivity index (χ1v) is 17.8. The van der Waals surface area contributed by atoms with Gasteiger partial charge in [-0.25, -0.2) is 14.6 Å². The Hall–Kier alpha value is -4.84. The summed E-state index contributed by atoms with van der Waals surface area (Å²) in [5.41, 5.74) is 7.64. The Morgan fingerprint density at radius 1 is 1.12 bits per heavy atom. The summed E-state index contributed by atoms with van der Waals surface area (Å²) in [4.78, 5) is 62.8. The lowest BCUT2D eigenvalue weighted by molar-refractivity contribution is -0.154. The first-order chi connectivity index (χ1) is 23.3. The minimum Gasteiger partial charge on any atom is -0.448 e. The number of nitrogens with one attached hydrogen (secondary N) is 1. The first kappa shape index (κ1) is 33.1. The Morgan fingerprint density at radius 2 is 1.83 bits per heavy atom. The summed E-state index contributed by atoms with van der Waals surface area (Å²) in [5, 5.41) is 13.0. The Bertz CT molecular complexity index is 1880. The van der Waals surface area contributed by atoms with Crippen molar-refractivity contribution in [1.29, 1.82) is 0 Å². The van der Waals surface area contributed by atoms with Crippen molar-refractivity contribution in [3.63, 3.8) is 0 Å². The highest BCUT2D eigenvalue weighted by molar-refractivity contribution is 8.03. The quantitative estimate of drug-likeness (QED) is 0.0566. The van der Waals surface area contributed by atoms with Crippen LogP contribution in [0.3, 0.4) is 0 Å². The predicted octanol–water partition coefficient (Wildman–Crippen LogP) is 4.14. The van der Waals surface area contributed by atoms with Crippen molar-refractivity contribution in [3.8, 4) is 0 Å². The number of thioether (sulfide) groups is 2. The number of hydrogen-bond donors (Lipinski definition) is 2. The van der Waals surface area contributed by atoms with Crippen molar-refractivity contribution in [2.24, 2.45) is 5.16 Å². The highest BCUT2D eigenvalue weighted by Gasteiger charge is 2.54. The number of esters is 1. The van der Waals surface area contributed by atoms with Crippen LogP contribution in [0.4, 0.5) is 5.13 Å². The van der Waals surface area contributed by atoms with Gasteiger partial charge in [-0.3, -0.25) is 14.5 Å². The lowest BCUT2D eigenvalue weighted by atomic mass is 10.0. The van der Waals surface area contributed by atoms with Gasteiger partial charge in [-0.2, -0.15) is 0 Å². The van der Waals surface area contributed by atoms with E-state index in [-0.39, 0.29) is 22.2 Å². The summed E-state index contributed by atoms with van der Waals surface area (Å²) in [6.07, 6.45) is 2.64. The van der Waals surface area contributed by atoms with E-state index in [0.29, 0.717) is 11.3 Å². The third-order valence-corrected chi connectivity index (χ3v) is 10.5. The molecule has 0 spiro atoms. The standard InChI is InChI=1S/C31H25N7O6S4/c1-17(39)44-36-23(21-16-47-31(32)34-21)27(40)35-24-28(41)38-25(20(15-46-29(24)38)12-13-45-22-14-33-37-48-22)30(42)43-26(18-8-4-2-5-9-18)19-10-6-3-7-11-19/h2-14,16,24,26,29H,15H2,1H3,(H2,32,34)(H,35,40)/b13-12+,36-23+/t24-,29-/m1/s1. The van der Waals surface area contributed by atoms with E-state index in [9.17, 15) is 19.2 Å². The molecule has 1 saturated heterocycles. The molecule has 2 aromatic heterocycles. The predicted molar refractivity (Wildman–Crippen MR) is 183 cm³/mol. The third kappa shape index (κ3) is 7.33. The van der Waals surface area contributed by atoms with Gasteiger partial charge in [-0.1, -0.05) is 82.1 Å². The fraction of sp³-hybridized carbons (Fsp3) is 0.161. The Kier molecular flexibility index (Phi) is 10.3. The molecule has 13 nitrogen and oxygen atoms in total. The van der Waals surface area contributed by atoms with Gasteiger partial charge in [0.05, 0.1) is 6.20 Å². The smallest absolute Gasteiger partial charge is 0.356 e. The number of rotatable bonds is 11. The zero-order chi connectivity index (χ0) is 33.6. The topological polar surface area (TPSA) is 179 Å². The lowest BCUT2D eigenvalue weighted by Gasteiger charge is -2.49. The number of ether oxygens (including phenoxy) is 1. The molecule has 6 rings (SSSR count). The van der Waals surface area contributed by atoms with Gasteiger partial charge in [0.2, 0.25) is 0 Å². The molecule has 2 aliphatic heterocycles. The van der Waals surface area contributed by atoms with Crippen molar-refractivity contribution in [1.82, 2.24) is 24.8 Å². The zero-order valence-electron chi connectivity index (χ0n) is 24.9. The summed E-state index contributed by atoms with van der Waals surface area (Å²) in [6, 6.07) is 17.6. The number of anilines is 1. The maximum absolute atomic E-state index is 14.2. The number of aromatic nitrogens is 3. The van der Waals surface area contributed by atoms with Crippen LogP contribution < -0.4 is 11.1 Å². The van der Waals surface area contributed by atoms with Crippen LogP contribution >= 0.6 is 46.4 Å². The fourth-order valence-corrected chi connectivity index (χ4v) is 7.87. The monoisotopic (exact) mass is 719 g/mol. The minimum atomic E-state index is -1.02. The number of carbonyl (C=O) groups is 4. The molecule has 1 fully saturated rings. The van der Waals surface area contributed by atoms with Crippen LogP contribution in [-0.2, 0) is 28.8 Å². The van der Waals surface area contributed by atoms with Crippen molar-refractivity contribution in [3.05, 3.63) is 112 Å². The van der Waals surface area contributed by atoms with E-state index >= 15 is 0 Å². The number of nitrogens with two attached hydrogens (primary N) is 1. The molecule has 0 radical (unpaired) electrons. The molecule has 48 heavy (non-hydrogen) atoms. The van der Waals surface area contributed by atoms with E-state index in [1.54, 1.807) is 17.7 Å². The molecular formula is C31H25N7O6S4. The first-order valence-electron chi connectivity index (χ1n) is 14.2. The lowest BCUT2D eigenvalue weighted by Crippen LogP contribution is -2.71.